The lowest BCUT2D eigenvalue weighted by molar-refractivity contribution is -0.141. The van der Waals surface area contributed by atoms with Gasteiger partial charge in [-0.3, -0.25) is 4.79 Å². The van der Waals surface area contributed by atoms with E-state index in [1.807, 2.05) is 6.07 Å². The Kier molecular flexibility index (Phi) is 6.44. The topological polar surface area (TPSA) is 66.8 Å². The molecule has 1 amide bonds. The Bertz CT molecular complexity index is 544. The van der Waals surface area contributed by atoms with Crippen molar-refractivity contribution in [3.8, 4) is 5.75 Å². The van der Waals surface area contributed by atoms with Crippen molar-refractivity contribution in [3.05, 3.63) is 29.8 Å². The molecule has 0 saturated carbocycles. The van der Waals surface area contributed by atoms with Crippen molar-refractivity contribution in [1.29, 1.82) is 0 Å². The molecule has 0 aromatic heterocycles. The lowest BCUT2D eigenvalue weighted by atomic mass is 10.1. The van der Waals surface area contributed by atoms with Crippen molar-refractivity contribution in [2.45, 2.75) is 51.5 Å². The summed E-state index contributed by atoms with van der Waals surface area (Å²) < 4.78 is 5.69. The van der Waals surface area contributed by atoms with Gasteiger partial charge in [-0.1, -0.05) is 32.3 Å². The summed E-state index contributed by atoms with van der Waals surface area (Å²) in [5.74, 6) is -0.496. The third-order valence-corrected chi connectivity index (χ3v) is 4.15. The van der Waals surface area contributed by atoms with Crippen LogP contribution in [0.4, 0.5) is 0 Å². The molecule has 1 aromatic rings. The van der Waals surface area contributed by atoms with Crippen LogP contribution in [-0.4, -0.2) is 41.1 Å². The Morgan fingerprint density at radius 2 is 2.13 bits per heavy atom. The minimum absolute atomic E-state index is 0.230. The molecular formula is C18H25NO4. The first-order chi connectivity index (χ1) is 11.1. The molecule has 1 aromatic carbocycles. The van der Waals surface area contributed by atoms with Gasteiger partial charge >= 0.3 is 5.97 Å². The minimum Gasteiger partial charge on any atom is -0.494 e. The van der Waals surface area contributed by atoms with Crippen LogP contribution in [0.5, 0.6) is 5.75 Å². The maximum atomic E-state index is 12.5. The number of carbonyl (C=O) groups excluding carboxylic acids is 1. The van der Waals surface area contributed by atoms with Gasteiger partial charge in [0.2, 0.25) is 0 Å². The fraction of sp³-hybridized carbons (Fsp3) is 0.556. The van der Waals surface area contributed by atoms with Crippen LogP contribution >= 0.6 is 0 Å². The van der Waals surface area contributed by atoms with Gasteiger partial charge in [0.05, 0.1) is 6.61 Å². The first-order valence-electron chi connectivity index (χ1n) is 8.40. The SMILES string of the molecule is CCCCCCOc1cccc(C(=O)N2CCCC2C(=O)O)c1. The monoisotopic (exact) mass is 319 g/mol. The first kappa shape index (κ1) is 17.3. The van der Waals surface area contributed by atoms with Crippen LogP contribution in [0.3, 0.4) is 0 Å². The van der Waals surface area contributed by atoms with Gasteiger partial charge in [-0.25, -0.2) is 4.79 Å². The average Bonchev–Trinajstić information content (AvgIpc) is 3.04. The zero-order valence-electron chi connectivity index (χ0n) is 13.7. The first-order valence-corrected chi connectivity index (χ1v) is 8.40. The molecule has 5 heteroatoms. The number of aliphatic carboxylic acids is 1. The zero-order valence-corrected chi connectivity index (χ0v) is 13.7. The number of carbonyl (C=O) groups is 2. The van der Waals surface area contributed by atoms with Gasteiger partial charge in [0, 0.05) is 12.1 Å². The number of hydrogen-bond donors (Lipinski definition) is 1. The number of benzene rings is 1. The molecule has 1 aliphatic heterocycles. The Morgan fingerprint density at radius 1 is 1.30 bits per heavy atom. The summed E-state index contributed by atoms with van der Waals surface area (Å²) in [4.78, 5) is 25.2. The molecule has 0 aliphatic carbocycles. The molecule has 0 spiro atoms. The summed E-state index contributed by atoms with van der Waals surface area (Å²) in [6.45, 7) is 3.30. The van der Waals surface area contributed by atoms with E-state index in [9.17, 15) is 14.7 Å². The Labute approximate surface area is 137 Å². The van der Waals surface area contributed by atoms with Crippen LogP contribution in [-0.2, 0) is 4.79 Å². The van der Waals surface area contributed by atoms with E-state index in [1.165, 1.54) is 17.7 Å². The highest BCUT2D eigenvalue weighted by atomic mass is 16.5. The van der Waals surface area contributed by atoms with Gasteiger partial charge in [0.1, 0.15) is 11.8 Å². The van der Waals surface area contributed by atoms with E-state index in [0.717, 1.165) is 19.3 Å². The number of rotatable bonds is 8. The number of likely N-dealkylation sites (tertiary alicyclic amines) is 1. The van der Waals surface area contributed by atoms with Gasteiger partial charge in [-0.2, -0.15) is 0 Å². The highest BCUT2D eigenvalue weighted by molar-refractivity contribution is 5.97. The summed E-state index contributed by atoms with van der Waals surface area (Å²) >= 11 is 0. The molecule has 1 heterocycles. The predicted molar refractivity (Wildman–Crippen MR) is 87.8 cm³/mol. The third-order valence-electron chi connectivity index (χ3n) is 4.15. The smallest absolute Gasteiger partial charge is 0.326 e. The number of hydrogen-bond acceptors (Lipinski definition) is 3. The highest BCUT2D eigenvalue weighted by Gasteiger charge is 2.34. The molecule has 0 bridgehead atoms. The fourth-order valence-corrected chi connectivity index (χ4v) is 2.87. The number of nitrogens with zero attached hydrogens (tertiary/aromatic N) is 1. The number of carboxylic acid groups (broad SMARTS) is 1. The fourth-order valence-electron chi connectivity index (χ4n) is 2.87. The Hall–Kier alpha value is -2.04. The van der Waals surface area contributed by atoms with Crippen LogP contribution < -0.4 is 4.74 Å². The molecule has 1 N–H and O–H groups in total. The molecule has 1 fully saturated rings. The van der Waals surface area contributed by atoms with E-state index in [1.54, 1.807) is 18.2 Å². The van der Waals surface area contributed by atoms with Crippen molar-refractivity contribution < 1.29 is 19.4 Å². The van der Waals surface area contributed by atoms with Crippen LogP contribution in [0, 0.1) is 0 Å². The molecule has 1 unspecified atom stereocenters. The number of carboxylic acids is 1. The quantitative estimate of drug-likeness (QED) is 0.746. The number of amides is 1. The van der Waals surface area contributed by atoms with Crippen molar-refractivity contribution in [2.24, 2.45) is 0 Å². The predicted octanol–water partition coefficient (Wildman–Crippen LogP) is 3.33. The van der Waals surface area contributed by atoms with E-state index in [0.29, 0.717) is 30.9 Å². The molecule has 23 heavy (non-hydrogen) atoms. The summed E-state index contributed by atoms with van der Waals surface area (Å²) in [5, 5.41) is 9.20. The van der Waals surface area contributed by atoms with Gasteiger partial charge in [0.15, 0.2) is 0 Å². The standard InChI is InChI=1S/C18H25NO4/c1-2-3-4-5-12-23-15-9-6-8-14(13-15)17(20)19-11-7-10-16(19)18(21)22/h6,8-9,13,16H,2-5,7,10-12H2,1H3,(H,21,22). The minimum atomic E-state index is -0.931. The Morgan fingerprint density at radius 3 is 2.87 bits per heavy atom. The van der Waals surface area contributed by atoms with E-state index < -0.39 is 12.0 Å². The second-order valence-electron chi connectivity index (χ2n) is 5.93. The van der Waals surface area contributed by atoms with Gasteiger partial charge < -0.3 is 14.7 Å². The second-order valence-corrected chi connectivity index (χ2v) is 5.93. The number of unbranched alkanes of at least 4 members (excludes halogenated alkanes) is 3. The number of ether oxygens (including phenoxy) is 1. The van der Waals surface area contributed by atoms with Crippen molar-refractivity contribution >= 4 is 11.9 Å². The maximum Gasteiger partial charge on any atom is 0.326 e. The van der Waals surface area contributed by atoms with Crippen LogP contribution in [0.1, 0.15) is 55.8 Å². The lowest BCUT2D eigenvalue weighted by Crippen LogP contribution is -2.40. The van der Waals surface area contributed by atoms with Crippen molar-refractivity contribution in [3.63, 3.8) is 0 Å². The lowest BCUT2D eigenvalue weighted by Gasteiger charge is -2.21. The molecule has 126 valence electrons. The molecule has 1 saturated heterocycles. The van der Waals surface area contributed by atoms with Crippen LogP contribution in [0.25, 0.3) is 0 Å². The zero-order chi connectivity index (χ0) is 16.7. The summed E-state index contributed by atoms with van der Waals surface area (Å²) in [6, 6.07) is 6.32. The van der Waals surface area contributed by atoms with E-state index in [2.05, 4.69) is 6.92 Å². The highest BCUT2D eigenvalue weighted by Crippen LogP contribution is 2.22. The van der Waals surface area contributed by atoms with Crippen LogP contribution in [0.15, 0.2) is 24.3 Å². The van der Waals surface area contributed by atoms with Crippen molar-refractivity contribution in [2.75, 3.05) is 13.2 Å². The molecule has 5 nitrogen and oxygen atoms in total. The van der Waals surface area contributed by atoms with Gasteiger partial charge in [-0.05, 0) is 37.5 Å². The van der Waals surface area contributed by atoms with Crippen molar-refractivity contribution in [1.82, 2.24) is 4.90 Å². The third kappa shape index (κ3) is 4.71. The second kappa shape index (κ2) is 8.56. The largest absolute Gasteiger partial charge is 0.494 e. The molecule has 0 radical (unpaired) electrons. The van der Waals surface area contributed by atoms with E-state index >= 15 is 0 Å². The summed E-state index contributed by atoms with van der Waals surface area (Å²) in [5.41, 5.74) is 0.490. The average molecular weight is 319 g/mol. The van der Waals surface area contributed by atoms with E-state index in [4.69, 9.17) is 4.74 Å². The summed E-state index contributed by atoms with van der Waals surface area (Å²) in [7, 11) is 0. The van der Waals surface area contributed by atoms with E-state index in [-0.39, 0.29) is 5.91 Å². The molecule has 1 aliphatic rings. The molecule has 1 atom stereocenters. The molecule has 2 rings (SSSR count). The Balaban J connectivity index is 1.96. The maximum absolute atomic E-state index is 12.5. The van der Waals surface area contributed by atoms with Gasteiger partial charge in [0.25, 0.3) is 5.91 Å². The van der Waals surface area contributed by atoms with Gasteiger partial charge in [-0.15, -0.1) is 0 Å². The molecular weight excluding hydrogens is 294 g/mol. The normalized spacial score (nSPS) is 17.3. The van der Waals surface area contributed by atoms with Crippen LogP contribution in [0.2, 0.25) is 0 Å². The summed E-state index contributed by atoms with van der Waals surface area (Å²) in [6.07, 6.45) is 5.78.